The van der Waals surface area contributed by atoms with E-state index in [0.717, 1.165) is 24.8 Å². The van der Waals surface area contributed by atoms with Crippen LogP contribution in [0.3, 0.4) is 0 Å². The summed E-state index contributed by atoms with van der Waals surface area (Å²) in [7, 11) is 1.70. The molecule has 0 spiro atoms. The Balaban J connectivity index is 2.03. The molecule has 0 bridgehead atoms. The number of carbonyl (C=O) groups excluding carboxylic acids is 1. The predicted molar refractivity (Wildman–Crippen MR) is 66.2 cm³/mol. The Morgan fingerprint density at radius 3 is 2.72 bits per heavy atom. The van der Waals surface area contributed by atoms with E-state index >= 15 is 0 Å². The summed E-state index contributed by atoms with van der Waals surface area (Å²) >= 11 is 0. The molecule has 3 nitrogen and oxygen atoms in total. The molecule has 1 aromatic carbocycles. The SMILES string of the molecule is CN(Cc1cccc(F)c1)C(=O)C1(CO)CCC1. The molecule has 2 rings (SSSR count). The highest BCUT2D eigenvalue weighted by atomic mass is 19.1. The molecule has 0 radical (unpaired) electrons. The summed E-state index contributed by atoms with van der Waals surface area (Å²) in [4.78, 5) is 13.8. The van der Waals surface area contributed by atoms with Crippen molar-refractivity contribution in [1.82, 2.24) is 4.90 Å². The monoisotopic (exact) mass is 251 g/mol. The molecule has 1 fully saturated rings. The van der Waals surface area contributed by atoms with E-state index in [1.54, 1.807) is 24.1 Å². The number of aliphatic hydroxyl groups is 1. The Hall–Kier alpha value is -1.42. The maximum atomic E-state index is 13.1. The van der Waals surface area contributed by atoms with E-state index in [4.69, 9.17) is 0 Å². The molecular weight excluding hydrogens is 233 g/mol. The number of hydrogen-bond donors (Lipinski definition) is 1. The van der Waals surface area contributed by atoms with Gasteiger partial charge < -0.3 is 10.0 Å². The molecule has 0 heterocycles. The topological polar surface area (TPSA) is 40.5 Å². The number of rotatable bonds is 4. The molecule has 1 aliphatic carbocycles. The lowest BCUT2D eigenvalue weighted by Crippen LogP contribution is -2.48. The number of benzene rings is 1. The standard InChI is InChI=1S/C14H18FNO2/c1-16(9-11-4-2-5-12(15)8-11)13(18)14(10-17)6-3-7-14/h2,4-5,8,17H,3,6-7,9-10H2,1H3. The van der Waals surface area contributed by atoms with Crippen molar-refractivity contribution in [1.29, 1.82) is 0 Å². The molecule has 1 saturated carbocycles. The minimum Gasteiger partial charge on any atom is -0.395 e. The van der Waals surface area contributed by atoms with Gasteiger partial charge in [-0.1, -0.05) is 18.6 Å². The first-order chi connectivity index (χ1) is 8.57. The van der Waals surface area contributed by atoms with Gasteiger partial charge in [0.05, 0.1) is 12.0 Å². The summed E-state index contributed by atoms with van der Waals surface area (Å²) in [5.41, 5.74) is 0.181. The highest BCUT2D eigenvalue weighted by Crippen LogP contribution is 2.41. The van der Waals surface area contributed by atoms with Crippen molar-refractivity contribution in [2.24, 2.45) is 5.41 Å². The van der Waals surface area contributed by atoms with Crippen LogP contribution >= 0.6 is 0 Å². The third-order valence-electron chi connectivity index (χ3n) is 3.72. The van der Waals surface area contributed by atoms with Crippen LogP contribution < -0.4 is 0 Å². The molecule has 0 aliphatic heterocycles. The lowest BCUT2D eigenvalue weighted by molar-refractivity contribution is -0.150. The second kappa shape index (κ2) is 5.06. The molecule has 0 atom stereocenters. The predicted octanol–water partition coefficient (Wildman–Crippen LogP) is 1.95. The van der Waals surface area contributed by atoms with Gasteiger partial charge in [-0.2, -0.15) is 0 Å². The first-order valence-corrected chi connectivity index (χ1v) is 6.18. The van der Waals surface area contributed by atoms with Gasteiger partial charge in [-0.15, -0.1) is 0 Å². The Morgan fingerprint density at radius 2 is 2.22 bits per heavy atom. The number of nitrogens with zero attached hydrogens (tertiary/aromatic N) is 1. The van der Waals surface area contributed by atoms with Gasteiger partial charge in [-0.3, -0.25) is 4.79 Å². The minimum atomic E-state index is -0.581. The van der Waals surface area contributed by atoms with Crippen LogP contribution in [0.25, 0.3) is 0 Å². The average Bonchev–Trinajstić information content (AvgIpc) is 2.28. The number of carbonyl (C=O) groups is 1. The number of amides is 1. The van der Waals surface area contributed by atoms with E-state index in [-0.39, 0.29) is 18.3 Å². The smallest absolute Gasteiger partial charge is 0.231 e. The lowest BCUT2D eigenvalue weighted by atomic mass is 9.68. The van der Waals surface area contributed by atoms with Crippen LogP contribution in [0.1, 0.15) is 24.8 Å². The Labute approximate surface area is 106 Å². The van der Waals surface area contributed by atoms with Crippen LogP contribution in [0.15, 0.2) is 24.3 Å². The fourth-order valence-electron chi connectivity index (χ4n) is 2.43. The highest BCUT2D eigenvalue weighted by molar-refractivity contribution is 5.83. The lowest BCUT2D eigenvalue weighted by Gasteiger charge is -2.41. The van der Waals surface area contributed by atoms with E-state index in [2.05, 4.69) is 0 Å². The van der Waals surface area contributed by atoms with Gasteiger partial charge in [0.25, 0.3) is 0 Å². The van der Waals surface area contributed by atoms with E-state index < -0.39 is 5.41 Å². The molecule has 1 amide bonds. The summed E-state index contributed by atoms with van der Waals surface area (Å²) in [5.74, 6) is -0.339. The maximum absolute atomic E-state index is 13.1. The summed E-state index contributed by atoms with van der Waals surface area (Å²) in [6.07, 6.45) is 2.48. The van der Waals surface area contributed by atoms with E-state index in [0.29, 0.717) is 6.54 Å². The Kier molecular flexibility index (Phi) is 3.66. The third-order valence-corrected chi connectivity index (χ3v) is 3.72. The molecule has 1 aliphatic rings. The van der Waals surface area contributed by atoms with Gasteiger partial charge in [0.1, 0.15) is 5.82 Å². The second-order valence-corrected chi connectivity index (χ2v) is 5.08. The molecule has 0 saturated heterocycles. The van der Waals surface area contributed by atoms with Crippen LogP contribution in [0.2, 0.25) is 0 Å². The van der Waals surface area contributed by atoms with Crippen molar-refractivity contribution in [2.75, 3.05) is 13.7 Å². The number of aliphatic hydroxyl groups excluding tert-OH is 1. The summed E-state index contributed by atoms with van der Waals surface area (Å²) in [6.45, 7) is 0.275. The number of hydrogen-bond acceptors (Lipinski definition) is 2. The zero-order valence-electron chi connectivity index (χ0n) is 10.5. The Morgan fingerprint density at radius 1 is 1.50 bits per heavy atom. The van der Waals surface area contributed by atoms with Crippen LogP contribution in [0.4, 0.5) is 4.39 Å². The molecule has 4 heteroatoms. The third kappa shape index (κ3) is 2.38. The first-order valence-electron chi connectivity index (χ1n) is 6.18. The summed E-state index contributed by atoms with van der Waals surface area (Å²) in [5, 5.41) is 9.36. The molecule has 18 heavy (non-hydrogen) atoms. The van der Waals surface area contributed by atoms with E-state index in [1.807, 2.05) is 0 Å². The quantitative estimate of drug-likeness (QED) is 0.888. The van der Waals surface area contributed by atoms with E-state index in [9.17, 15) is 14.3 Å². The van der Waals surface area contributed by atoms with Crippen LogP contribution in [0.5, 0.6) is 0 Å². The molecule has 98 valence electrons. The molecule has 1 N–H and O–H groups in total. The van der Waals surface area contributed by atoms with Crippen molar-refractivity contribution in [3.8, 4) is 0 Å². The summed E-state index contributed by atoms with van der Waals surface area (Å²) in [6, 6.07) is 6.23. The van der Waals surface area contributed by atoms with Crippen molar-refractivity contribution < 1.29 is 14.3 Å². The second-order valence-electron chi connectivity index (χ2n) is 5.08. The minimum absolute atomic E-state index is 0.0412. The van der Waals surface area contributed by atoms with Gasteiger partial charge in [-0.05, 0) is 30.5 Å². The molecule has 0 unspecified atom stereocenters. The number of halogens is 1. The molecular formula is C14H18FNO2. The van der Waals surface area contributed by atoms with Gasteiger partial charge in [0, 0.05) is 13.6 Å². The fourth-order valence-corrected chi connectivity index (χ4v) is 2.43. The average molecular weight is 251 g/mol. The van der Waals surface area contributed by atoms with Gasteiger partial charge in [-0.25, -0.2) is 4.39 Å². The van der Waals surface area contributed by atoms with E-state index in [1.165, 1.54) is 12.1 Å². The Bertz CT molecular complexity index is 438. The fraction of sp³-hybridized carbons (Fsp3) is 0.500. The van der Waals surface area contributed by atoms with Gasteiger partial charge in [0.2, 0.25) is 5.91 Å². The van der Waals surface area contributed by atoms with Crippen LogP contribution in [-0.4, -0.2) is 29.6 Å². The van der Waals surface area contributed by atoms with Gasteiger partial charge >= 0.3 is 0 Å². The zero-order valence-corrected chi connectivity index (χ0v) is 10.5. The zero-order chi connectivity index (χ0) is 13.2. The highest BCUT2D eigenvalue weighted by Gasteiger charge is 2.44. The molecule has 0 aromatic heterocycles. The molecule has 1 aromatic rings. The first kappa shape index (κ1) is 13.0. The maximum Gasteiger partial charge on any atom is 0.231 e. The van der Waals surface area contributed by atoms with Crippen molar-refractivity contribution in [2.45, 2.75) is 25.8 Å². The van der Waals surface area contributed by atoms with Crippen LogP contribution in [-0.2, 0) is 11.3 Å². The van der Waals surface area contributed by atoms with Crippen molar-refractivity contribution in [3.63, 3.8) is 0 Å². The van der Waals surface area contributed by atoms with Gasteiger partial charge in [0.15, 0.2) is 0 Å². The van der Waals surface area contributed by atoms with Crippen molar-refractivity contribution in [3.05, 3.63) is 35.6 Å². The summed E-state index contributed by atoms with van der Waals surface area (Å²) < 4.78 is 13.1. The normalized spacial score (nSPS) is 17.1. The van der Waals surface area contributed by atoms with Crippen LogP contribution in [0, 0.1) is 11.2 Å². The largest absolute Gasteiger partial charge is 0.395 e. The van der Waals surface area contributed by atoms with Crippen molar-refractivity contribution >= 4 is 5.91 Å².